The van der Waals surface area contributed by atoms with E-state index in [1.165, 1.54) is 24.8 Å². The zero-order valence-electron chi connectivity index (χ0n) is 11.5. The predicted octanol–water partition coefficient (Wildman–Crippen LogP) is 4.31. The molecule has 0 amide bonds. The van der Waals surface area contributed by atoms with E-state index in [-0.39, 0.29) is 5.54 Å². The summed E-state index contributed by atoms with van der Waals surface area (Å²) in [5.41, 5.74) is 11.0. The van der Waals surface area contributed by atoms with Crippen molar-refractivity contribution >= 4 is 22.6 Å². The van der Waals surface area contributed by atoms with Crippen LogP contribution in [0.3, 0.4) is 0 Å². The van der Waals surface area contributed by atoms with E-state index in [1.807, 2.05) is 0 Å². The fourth-order valence-corrected chi connectivity index (χ4v) is 4.27. The molecule has 2 saturated carbocycles. The fraction of sp³-hybridized carbons (Fsp3) is 0.529. The lowest BCUT2D eigenvalue weighted by atomic mass is 9.61. The van der Waals surface area contributed by atoms with Crippen LogP contribution in [0.25, 0.3) is 0 Å². The Morgan fingerprint density at radius 3 is 2.84 bits per heavy atom. The number of nitrogens with two attached hydrogens (primary N) is 1. The maximum absolute atomic E-state index is 6.43. The molecule has 0 heterocycles. The predicted molar refractivity (Wildman–Crippen MR) is 90.3 cm³/mol. The van der Waals surface area contributed by atoms with Gasteiger partial charge in [-0.1, -0.05) is 59.4 Å². The van der Waals surface area contributed by atoms with E-state index in [2.05, 4.69) is 59.9 Å². The van der Waals surface area contributed by atoms with Crippen LogP contribution in [0.15, 0.2) is 47.1 Å². The Morgan fingerprint density at radius 1 is 1.26 bits per heavy atom. The molecule has 0 spiro atoms. The average molecular weight is 367 g/mol. The summed E-state index contributed by atoms with van der Waals surface area (Å²) >= 11 is 2.43. The number of halogens is 1. The lowest BCUT2D eigenvalue weighted by Crippen LogP contribution is -2.41. The third kappa shape index (κ3) is 2.62. The van der Waals surface area contributed by atoms with Gasteiger partial charge in [0, 0.05) is 9.97 Å². The molecule has 2 heteroatoms. The van der Waals surface area contributed by atoms with Crippen molar-refractivity contribution < 1.29 is 0 Å². The molecule has 2 unspecified atom stereocenters. The van der Waals surface area contributed by atoms with E-state index in [9.17, 15) is 0 Å². The maximum atomic E-state index is 6.43. The van der Waals surface area contributed by atoms with Crippen LogP contribution in [0.2, 0.25) is 0 Å². The molecule has 0 bridgehead atoms. The van der Waals surface area contributed by atoms with Crippen molar-refractivity contribution in [1.82, 2.24) is 0 Å². The van der Waals surface area contributed by atoms with Crippen LogP contribution in [0.4, 0.5) is 0 Å². The first kappa shape index (κ1) is 13.6. The molecule has 0 aromatic carbocycles. The van der Waals surface area contributed by atoms with Gasteiger partial charge in [-0.25, -0.2) is 0 Å². The van der Waals surface area contributed by atoms with Crippen molar-refractivity contribution in [2.24, 2.45) is 17.6 Å². The highest BCUT2D eigenvalue weighted by molar-refractivity contribution is 14.1. The normalized spacial score (nSPS) is 41.9. The molecule has 3 aliphatic rings. The third-order valence-electron chi connectivity index (χ3n) is 4.78. The first-order chi connectivity index (χ1) is 9.11. The number of hydrogen-bond acceptors (Lipinski definition) is 1. The molecule has 0 aliphatic heterocycles. The van der Waals surface area contributed by atoms with E-state index in [1.54, 1.807) is 11.1 Å². The largest absolute Gasteiger partial charge is 0.325 e. The molecule has 2 N–H and O–H groups in total. The molecular formula is C17H22IN. The smallest absolute Gasteiger partial charge is 0.0247 e. The molecular weight excluding hydrogens is 345 g/mol. The minimum absolute atomic E-state index is 0.0276. The van der Waals surface area contributed by atoms with Crippen LogP contribution in [0, 0.1) is 11.8 Å². The van der Waals surface area contributed by atoms with Crippen LogP contribution in [-0.4, -0.2) is 9.97 Å². The van der Waals surface area contributed by atoms with Crippen LogP contribution in [-0.2, 0) is 0 Å². The minimum atomic E-state index is 0.0276. The second-order valence-corrected chi connectivity index (χ2v) is 7.20. The van der Waals surface area contributed by atoms with Crippen LogP contribution < -0.4 is 5.73 Å². The summed E-state index contributed by atoms with van der Waals surface area (Å²) in [6.45, 7) is 2.23. The Labute approximate surface area is 129 Å². The van der Waals surface area contributed by atoms with Crippen LogP contribution in [0.1, 0.15) is 32.6 Å². The van der Waals surface area contributed by atoms with Gasteiger partial charge in [-0.2, -0.15) is 0 Å². The van der Waals surface area contributed by atoms with E-state index in [0.29, 0.717) is 5.92 Å². The second-order valence-electron chi connectivity index (χ2n) is 6.44. The topological polar surface area (TPSA) is 26.0 Å². The molecule has 0 saturated heterocycles. The molecule has 0 radical (unpaired) electrons. The Morgan fingerprint density at radius 2 is 2.05 bits per heavy atom. The Kier molecular flexibility index (Phi) is 3.73. The van der Waals surface area contributed by atoms with Gasteiger partial charge < -0.3 is 5.73 Å². The molecule has 3 aliphatic carbocycles. The van der Waals surface area contributed by atoms with Gasteiger partial charge in [0.1, 0.15) is 0 Å². The van der Waals surface area contributed by atoms with Gasteiger partial charge in [-0.3, -0.25) is 0 Å². The zero-order valence-corrected chi connectivity index (χ0v) is 13.7. The fourth-order valence-electron chi connectivity index (χ4n) is 3.76. The molecule has 0 aromatic rings. The van der Waals surface area contributed by atoms with Gasteiger partial charge in [-0.15, -0.1) is 0 Å². The maximum Gasteiger partial charge on any atom is 0.0247 e. The Balaban J connectivity index is 1.91. The number of alkyl halides is 1. The van der Waals surface area contributed by atoms with Crippen molar-refractivity contribution in [3.05, 3.63) is 47.1 Å². The summed E-state index contributed by atoms with van der Waals surface area (Å²) in [5.74, 6) is 1.46. The van der Waals surface area contributed by atoms with E-state index < -0.39 is 0 Å². The second kappa shape index (κ2) is 5.21. The number of fused-ring (bicyclic) bond motifs is 4. The standard InChI is InChI=1S/C17H22IN/c1-17(19)9-3-6-14-13-5-2-4-12(11-18)7-8-15(13)16(14)10-17/h2,4-5,7-8,14,16H,3,6,9-11,19H2,1H3/b4-2-,5-2?,8-7?,12-4?,12-7+,13-5?,15-8?/t14?,16?,17-/m0/s1. The van der Waals surface area contributed by atoms with Gasteiger partial charge in [-0.05, 0) is 54.7 Å². The molecule has 3 atom stereocenters. The number of rotatable bonds is 1. The lowest BCUT2D eigenvalue weighted by molar-refractivity contribution is 0.297. The number of allylic oxidation sites excluding steroid dienone is 8. The van der Waals surface area contributed by atoms with Crippen LogP contribution in [0.5, 0.6) is 0 Å². The van der Waals surface area contributed by atoms with Crippen molar-refractivity contribution in [3.63, 3.8) is 0 Å². The average Bonchev–Trinajstić information content (AvgIpc) is 2.47. The lowest BCUT2D eigenvalue weighted by Gasteiger charge is -2.44. The van der Waals surface area contributed by atoms with Crippen molar-refractivity contribution in [2.45, 2.75) is 38.1 Å². The summed E-state index contributed by atoms with van der Waals surface area (Å²) < 4.78 is 1.07. The monoisotopic (exact) mass is 367 g/mol. The highest BCUT2D eigenvalue weighted by Gasteiger charge is 2.44. The zero-order chi connectivity index (χ0) is 13.5. The molecule has 3 rings (SSSR count). The Hall–Kier alpha value is -0.350. The quantitative estimate of drug-likeness (QED) is 0.543. The van der Waals surface area contributed by atoms with Crippen molar-refractivity contribution in [3.8, 4) is 0 Å². The molecule has 2 fully saturated rings. The summed E-state index contributed by atoms with van der Waals surface area (Å²) in [5, 5.41) is 0. The van der Waals surface area contributed by atoms with E-state index >= 15 is 0 Å². The van der Waals surface area contributed by atoms with Gasteiger partial charge >= 0.3 is 0 Å². The van der Waals surface area contributed by atoms with Gasteiger partial charge in [0.25, 0.3) is 0 Å². The van der Waals surface area contributed by atoms with Gasteiger partial charge in [0.2, 0.25) is 0 Å². The highest BCUT2D eigenvalue weighted by atomic mass is 127. The molecule has 1 nitrogen and oxygen atoms in total. The highest BCUT2D eigenvalue weighted by Crippen LogP contribution is 2.53. The molecule has 102 valence electrons. The molecule has 0 aromatic heterocycles. The summed E-state index contributed by atoms with van der Waals surface area (Å²) in [7, 11) is 0. The number of hydrogen-bond donors (Lipinski definition) is 1. The van der Waals surface area contributed by atoms with E-state index in [0.717, 1.165) is 16.8 Å². The first-order valence-electron chi connectivity index (χ1n) is 7.25. The van der Waals surface area contributed by atoms with Crippen molar-refractivity contribution in [2.75, 3.05) is 4.43 Å². The van der Waals surface area contributed by atoms with Gasteiger partial charge in [0.15, 0.2) is 0 Å². The van der Waals surface area contributed by atoms with Gasteiger partial charge in [0.05, 0.1) is 0 Å². The SMILES string of the molecule is C[C@]1(N)CCCC2C3=C/C=C\C(CI)=C/C=C3C2C1. The summed E-state index contributed by atoms with van der Waals surface area (Å²) in [6, 6.07) is 0. The van der Waals surface area contributed by atoms with E-state index in [4.69, 9.17) is 5.73 Å². The minimum Gasteiger partial charge on any atom is -0.325 e. The summed E-state index contributed by atoms with van der Waals surface area (Å²) in [6.07, 6.45) is 16.4. The Bertz CT molecular complexity index is 493. The third-order valence-corrected chi connectivity index (χ3v) is 5.67. The van der Waals surface area contributed by atoms with Crippen LogP contribution >= 0.6 is 22.6 Å². The first-order valence-corrected chi connectivity index (χ1v) is 8.77. The summed E-state index contributed by atoms with van der Waals surface area (Å²) in [4.78, 5) is 0. The molecule has 19 heavy (non-hydrogen) atoms. The van der Waals surface area contributed by atoms with Crippen molar-refractivity contribution in [1.29, 1.82) is 0 Å².